The van der Waals surface area contributed by atoms with Crippen molar-refractivity contribution in [2.75, 3.05) is 50.0 Å². The zero-order valence-electron chi connectivity index (χ0n) is 29.1. The molecular weight excluding hydrogens is 680 g/mol. The number of aromatic nitrogens is 4. The molecule has 2 atom stereocenters. The first kappa shape index (κ1) is 39.3. The lowest BCUT2D eigenvalue weighted by Crippen LogP contribution is -2.33. The van der Waals surface area contributed by atoms with Crippen LogP contribution in [-0.2, 0) is 32.7 Å². The third kappa shape index (κ3) is 11.8. The number of amides is 2. The molecule has 2 amide bonds. The quantitative estimate of drug-likeness (QED) is 0.121. The van der Waals surface area contributed by atoms with Crippen molar-refractivity contribution in [3.05, 3.63) is 93.6 Å². The number of benzene rings is 2. The highest BCUT2D eigenvalue weighted by molar-refractivity contribution is 7.79. The lowest BCUT2D eigenvalue weighted by Gasteiger charge is -2.24. The van der Waals surface area contributed by atoms with Gasteiger partial charge in [0.25, 0.3) is 11.8 Å². The van der Waals surface area contributed by atoms with E-state index in [0.29, 0.717) is 11.4 Å². The van der Waals surface area contributed by atoms with Crippen LogP contribution in [0.5, 0.6) is 0 Å². The largest absolute Gasteiger partial charge is 0.394 e. The van der Waals surface area contributed by atoms with Crippen molar-refractivity contribution >= 4 is 33.6 Å². The van der Waals surface area contributed by atoms with E-state index in [2.05, 4.69) is 41.7 Å². The van der Waals surface area contributed by atoms with Gasteiger partial charge in [-0.1, -0.05) is 38.1 Å². The molecule has 8 N–H and O–H groups in total. The van der Waals surface area contributed by atoms with Crippen LogP contribution in [0.4, 0.5) is 11.4 Å². The van der Waals surface area contributed by atoms with E-state index < -0.39 is 10.4 Å². The molecule has 2 aliphatic rings. The molecule has 2 fully saturated rings. The van der Waals surface area contributed by atoms with Crippen molar-refractivity contribution in [3.63, 3.8) is 0 Å². The van der Waals surface area contributed by atoms with Gasteiger partial charge in [-0.2, -0.15) is 18.6 Å². The summed E-state index contributed by atoms with van der Waals surface area (Å²) in [6.07, 6.45) is 1.82. The van der Waals surface area contributed by atoms with Crippen LogP contribution < -0.4 is 21.3 Å². The lowest BCUT2D eigenvalue weighted by molar-refractivity contribution is 0.0276. The molecule has 4 heterocycles. The van der Waals surface area contributed by atoms with E-state index in [-0.39, 0.29) is 24.0 Å². The molecule has 276 valence electrons. The SMILES string of the molecule is CCc1[nH]nc(C(=O)Nc2ccc([C@H]3CNCCO3)cc2)c1C.CCc1[nH]nc(C(=O)Nc2ccc([C@H]3CNCCO3)cc2)c1C.O=S(=O)(O)O. The highest BCUT2D eigenvalue weighted by Gasteiger charge is 2.19. The second-order valence-corrected chi connectivity index (χ2v) is 12.7. The van der Waals surface area contributed by atoms with Crippen LogP contribution >= 0.6 is 0 Å². The highest BCUT2D eigenvalue weighted by atomic mass is 32.3. The molecule has 4 aromatic rings. The summed E-state index contributed by atoms with van der Waals surface area (Å²) >= 11 is 0. The zero-order valence-corrected chi connectivity index (χ0v) is 29.9. The highest BCUT2D eigenvalue weighted by Crippen LogP contribution is 2.23. The minimum Gasteiger partial charge on any atom is -0.371 e. The number of aromatic amines is 2. The molecule has 2 aromatic heterocycles. The van der Waals surface area contributed by atoms with Crippen molar-refractivity contribution in [1.29, 1.82) is 0 Å². The molecule has 0 aliphatic carbocycles. The van der Waals surface area contributed by atoms with Crippen molar-refractivity contribution in [3.8, 4) is 0 Å². The Morgan fingerprint density at radius 1 is 0.725 bits per heavy atom. The van der Waals surface area contributed by atoms with E-state index in [4.69, 9.17) is 27.0 Å². The van der Waals surface area contributed by atoms with E-state index in [1.165, 1.54) is 0 Å². The standard InChI is InChI=1S/2C17H22N4O2.H2O4S/c2*1-3-14-11(2)16(21-20-14)17(22)19-13-6-4-12(5-7-13)15-10-18-8-9-23-15;1-5(2,3)4/h2*4-7,15,18H,3,8-10H2,1-2H3,(H,19,22)(H,20,21);(H2,1,2,3,4)/t2*15-;/m11./s1. The van der Waals surface area contributed by atoms with Gasteiger partial charge < -0.3 is 30.7 Å². The normalized spacial score (nSPS) is 17.3. The van der Waals surface area contributed by atoms with Crippen molar-refractivity contribution < 1.29 is 36.6 Å². The predicted octanol–water partition coefficient (Wildman–Crippen LogP) is 3.73. The molecule has 51 heavy (non-hydrogen) atoms. The molecule has 0 bridgehead atoms. The van der Waals surface area contributed by atoms with Gasteiger partial charge in [0.1, 0.15) is 0 Å². The monoisotopic (exact) mass is 726 g/mol. The summed E-state index contributed by atoms with van der Waals surface area (Å²) in [5.41, 5.74) is 8.42. The molecule has 0 saturated carbocycles. The first-order chi connectivity index (χ1) is 24.4. The maximum Gasteiger partial charge on any atom is 0.394 e. The minimum absolute atomic E-state index is 0.0780. The second-order valence-electron chi connectivity index (χ2n) is 11.8. The van der Waals surface area contributed by atoms with Crippen molar-refractivity contribution in [2.24, 2.45) is 0 Å². The van der Waals surface area contributed by atoms with E-state index in [9.17, 15) is 9.59 Å². The van der Waals surface area contributed by atoms with Gasteiger partial charge in [-0.25, -0.2) is 0 Å². The summed E-state index contributed by atoms with van der Waals surface area (Å²) in [6, 6.07) is 15.5. The van der Waals surface area contributed by atoms with Gasteiger partial charge in [-0.3, -0.25) is 28.9 Å². The number of ether oxygens (including phenoxy) is 2. The Morgan fingerprint density at radius 2 is 1.08 bits per heavy atom. The number of nitrogens with one attached hydrogen (secondary N) is 6. The number of aryl methyl sites for hydroxylation is 2. The third-order valence-corrected chi connectivity index (χ3v) is 8.29. The summed E-state index contributed by atoms with van der Waals surface area (Å²) in [4.78, 5) is 24.6. The first-order valence-corrected chi connectivity index (χ1v) is 18.0. The summed E-state index contributed by atoms with van der Waals surface area (Å²) in [7, 11) is -4.67. The Labute approximate surface area is 297 Å². The molecule has 0 spiro atoms. The molecule has 0 unspecified atom stereocenters. The van der Waals surface area contributed by atoms with Crippen molar-refractivity contribution in [2.45, 2.75) is 52.7 Å². The van der Waals surface area contributed by atoms with Crippen LogP contribution in [-0.4, -0.2) is 89.1 Å². The van der Waals surface area contributed by atoms with Gasteiger partial charge in [0.2, 0.25) is 0 Å². The number of morpholine rings is 2. The van der Waals surface area contributed by atoms with Crippen molar-refractivity contribution in [1.82, 2.24) is 31.0 Å². The summed E-state index contributed by atoms with van der Waals surface area (Å²) in [5.74, 6) is -0.386. The van der Waals surface area contributed by atoms with Crippen LogP contribution in [0, 0.1) is 13.8 Å². The number of anilines is 2. The summed E-state index contributed by atoms with van der Waals surface area (Å²) in [6.45, 7) is 12.8. The van der Waals surface area contributed by atoms with E-state index >= 15 is 0 Å². The Balaban J connectivity index is 0.000000202. The van der Waals surface area contributed by atoms with Crippen LogP contribution in [0.15, 0.2) is 48.5 Å². The number of carbonyl (C=O) groups excluding carboxylic acids is 2. The molecule has 17 heteroatoms. The first-order valence-electron chi connectivity index (χ1n) is 16.6. The number of hydrogen-bond acceptors (Lipinski definition) is 10. The molecule has 2 aromatic carbocycles. The fourth-order valence-electron chi connectivity index (χ4n) is 5.50. The van der Waals surface area contributed by atoms with Gasteiger partial charge in [0.05, 0.1) is 25.4 Å². The second kappa shape index (κ2) is 18.7. The molecular formula is C34H46N8O8S. The number of nitrogens with zero attached hydrogens (tertiary/aromatic N) is 2. The number of hydrogen-bond donors (Lipinski definition) is 8. The van der Waals surface area contributed by atoms with E-state index in [0.717, 1.165) is 97.3 Å². The lowest BCUT2D eigenvalue weighted by atomic mass is 10.1. The minimum atomic E-state index is -4.67. The third-order valence-electron chi connectivity index (χ3n) is 8.29. The molecule has 16 nitrogen and oxygen atoms in total. The maximum atomic E-state index is 12.3. The Hall–Kier alpha value is -4.49. The molecule has 2 saturated heterocycles. The van der Waals surface area contributed by atoms with Gasteiger partial charge in [0.15, 0.2) is 11.4 Å². The smallest absolute Gasteiger partial charge is 0.371 e. The molecule has 6 rings (SSSR count). The van der Waals surface area contributed by atoms with Gasteiger partial charge in [0, 0.05) is 60.1 Å². The zero-order chi connectivity index (χ0) is 37.0. The van der Waals surface area contributed by atoms with Gasteiger partial charge in [-0.05, 0) is 62.1 Å². The predicted molar refractivity (Wildman–Crippen MR) is 191 cm³/mol. The van der Waals surface area contributed by atoms with Crippen LogP contribution in [0.1, 0.15) is 80.7 Å². The fraction of sp³-hybridized carbons (Fsp3) is 0.412. The fourth-order valence-corrected chi connectivity index (χ4v) is 5.50. The van der Waals surface area contributed by atoms with E-state index in [1.54, 1.807) is 0 Å². The molecule has 2 aliphatic heterocycles. The van der Waals surface area contributed by atoms with Crippen LogP contribution in [0.3, 0.4) is 0 Å². The number of H-pyrrole nitrogens is 2. The average Bonchev–Trinajstić information content (AvgIpc) is 3.70. The van der Waals surface area contributed by atoms with Crippen LogP contribution in [0.2, 0.25) is 0 Å². The molecule has 0 radical (unpaired) electrons. The summed E-state index contributed by atoms with van der Waals surface area (Å²) < 4.78 is 43.0. The Kier molecular flexibility index (Phi) is 14.4. The van der Waals surface area contributed by atoms with Gasteiger partial charge >= 0.3 is 10.4 Å². The Morgan fingerprint density at radius 3 is 1.35 bits per heavy atom. The van der Waals surface area contributed by atoms with Gasteiger partial charge in [-0.15, -0.1) is 0 Å². The van der Waals surface area contributed by atoms with Crippen LogP contribution in [0.25, 0.3) is 0 Å². The Bertz CT molecular complexity index is 1700. The number of rotatable bonds is 8. The average molecular weight is 727 g/mol. The maximum absolute atomic E-state index is 12.3. The topological polar surface area (TPSA) is 233 Å². The summed E-state index contributed by atoms with van der Waals surface area (Å²) in [5, 5.41) is 26.4. The van der Waals surface area contributed by atoms with E-state index in [1.807, 2.05) is 76.2 Å². The number of carbonyl (C=O) groups is 2.